The Kier molecular flexibility index (Phi) is 4.12. The molecule has 19 heavy (non-hydrogen) atoms. The first-order chi connectivity index (χ1) is 9.10. The first-order valence-corrected chi connectivity index (χ1v) is 6.10. The lowest BCUT2D eigenvalue weighted by atomic mass is 10.0. The third-order valence-corrected chi connectivity index (χ3v) is 3.01. The molecule has 100 valence electrons. The summed E-state index contributed by atoms with van der Waals surface area (Å²) >= 11 is 0. The minimum absolute atomic E-state index is 0.226. The number of benzene rings is 1. The van der Waals surface area contributed by atoms with E-state index in [2.05, 4.69) is 4.98 Å². The maximum absolute atomic E-state index is 13.6. The van der Waals surface area contributed by atoms with E-state index in [0.29, 0.717) is 6.42 Å². The van der Waals surface area contributed by atoms with Crippen LogP contribution in [0.3, 0.4) is 0 Å². The van der Waals surface area contributed by atoms with Crippen molar-refractivity contribution in [2.75, 3.05) is 7.11 Å². The fourth-order valence-corrected chi connectivity index (χ4v) is 1.88. The Hall–Kier alpha value is -1.94. The number of ether oxygens (including phenoxy) is 1. The number of aromatic nitrogens is 1. The summed E-state index contributed by atoms with van der Waals surface area (Å²) in [6.07, 6.45) is 2.38. The van der Waals surface area contributed by atoms with Crippen LogP contribution in [0.2, 0.25) is 0 Å². The molecule has 0 amide bonds. The van der Waals surface area contributed by atoms with Crippen LogP contribution in [0, 0.1) is 12.7 Å². The molecule has 0 aliphatic heterocycles. The van der Waals surface area contributed by atoms with Crippen molar-refractivity contribution in [1.29, 1.82) is 0 Å². The lowest BCUT2D eigenvalue weighted by molar-refractivity contribution is 0.386. The van der Waals surface area contributed by atoms with Crippen LogP contribution in [0.1, 0.15) is 22.9 Å². The van der Waals surface area contributed by atoms with Crippen LogP contribution < -0.4 is 10.5 Å². The van der Waals surface area contributed by atoms with E-state index in [4.69, 9.17) is 10.5 Å². The molecule has 0 spiro atoms. The van der Waals surface area contributed by atoms with Crippen LogP contribution in [0.5, 0.6) is 5.75 Å². The summed E-state index contributed by atoms with van der Waals surface area (Å²) < 4.78 is 18.5. The second-order valence-corrected chi connectivity index (χ2v) is 4.53. The van der Waals surface area contributed by atoms with Crippen LogP contribution in [-0.4, -0.2) is 12.1 Å². The number of nitrogens with two attached hydrogens (primary N) is 1. The zero-order valence-corrected chi connectivity index (χ0v) is 11.1. The van der Waals surface area contributed by atoms with E-state index in [-0.39, 0.29) is 11.8 Å². The summed E-state index contributed by atoms with van der Waals surface area (Å²) in [6.45, 7) is 1.98. The summed E-state index contributed by atoms with van der Waals surface area (Å²) in [5, 5.41) is 0. The summed E-state index contributed by atoms with van der Waals surface area (Å²) in [4.78, 5) is 4.30. The average molecular weight is 260 g/mol. The Labute approximate surface area is 112 Å². The van der Waals surface area contributed by atoms with Gasteiger partial charge in [0.15, 0.2) is 11.6 Å². The van der Waals surface area contributed by atoms with Gasteiger partial charge in [0.25, 0.3) is 0 Å². The highest BCUT2D eigenvalue weighted by Gasteiger charge is 2.11. The van der Waals surface area contributed by atoms with E-state index in [1.54, 1.807) is 18.3 Å². The largest absolute Gasteiger partial charge is 0.494 e. The summed E-state index contributed by atoms with van der Waals surface area (Å²) in [5.41, 5.74) is 8.82. The number of nitrogens with zero attached hydrogens (tertiary/aromatic N) is 1. The monoisotopic (exact) mass is 260 g/mol. The van der Waals surface area contributed by atoms with Crippen LogP contribution in [0.25, 0.3) is 0 Å². The molecule has 1 aromatic heterocycles. The van der Waals surface area contributed by atoms with Crippen LogP contribution in [0.4, 0.5) is 4.39 Å². The number of methoxy groups -OCH3 is 1. The first-order valence-electron chi connectivity index (χ1n) is 6.10. The van der Waals surface area contributed by atoms with E-state index >= 15 is 0 Å². The molecular weight excluding hydrogens is 243 g/mol. The smallest absolute Gasteiger partial charge is 0.165 e. The van der Waals surface area contributed by atoms with Crippen LogP contribution in [-0.2, 0) is 6.42 Å². The van der Waals surface area contributed by atoms with E-state index in [1.807, 2.05) is 19.1 Å². The molecule has 3 nitrogen and oxygen atoms in total. The summed E-state index contributed by atoms with van der Waals surface area (Å²) in [6, 6.07) is 8.43. The Morgan fingerprint density at radius 2 is 2.11 bits per heavy atom. The quantitative estimate of drug-likeness (QED) is 0.919. The third-order valence-electron chi connectivity index (χ3n) is 3.01. The van der Waals surface area contributed by atoms with Gasteiger partial charge in [-0.2, -0.15) is 0 Å². The highest BCUT2D eigenvalue weighted by atomic mass is 19.1. The van der Waals surface area contributed by atoms with Crippen molar-refractivity contribution < 1.29 is 9.13 Å². The second kappa shape index (κ2) is 5.80. The molecule has 2 rings (SSSR count). The molecule has 2 N–H and O–H groups in total. The maximum atomic E-state index is 13.6. The van der Waals surface area contributed by atoms with Crippen LogP contribution >= 0.6 is 0 Å². The Morgan fingerprint density at radius 3 is 2.68 bits per heavy atom. The minimum Gasteiger partial charge on any atom is -0.494 e. The number of pyridine rings is 1. The van der Waals surface area contributed by atoms with Gasteiger partial charge in [0, 0.05) is 24.4 Å². The zero-order chi connectivity index (χ0) is 13.8. The van der Waals surface area contributed by atoms with Crippen molar-refractivity contribution in [3.63, 3.8) is 0 Å². The molecule has 0 aliphatic carbocycles. The topological polar surface area (TPSA) is 48.1 Å². The molecule has 0 radical (unpaired) electrons. The predicted octanol–water partition coefficient (Wildman–Crippen LogP) is 2.78. The molecule has 0 saturated heterocycles. The maximum Gasteiger partial charge on any atom is 0.165 e. The first kappa shape index (κ1) is 13.5. The summed E-state index contributed by atoms with van der Waals surface area (Å²) in [7, 11) is 1.44. The predicted molar refractivity (Wildman–Crippen MR) is 72.6 cm³/mol. The highest BCUT2D eigenvalue weighted by Crippen LogP contribution is 2.22. The van der Waals surface area contributed by atoms with Crippen molar-refractivity contribution in [3.05, 3.63) is 59.2 Å². The van der Waals surface area contributed by atoms with Gasteiger partial charge in [-0.25, -0.2) is 4.39 Å². The van der Waals surface area contributed by atoms with Gasteiger partial charge in [-0.3, -0.25) is 4.98 Å². The molecule has 2 aromatic rings. The third kappa shape index (κ3) is 3.29. The molecular formula is C15H17FN2O. The van der Waals surface area contributed by atoms with Gasteiger partial charge < -0.3 is 10.5 Å². The van der Waals surface area contributed by atoms with Gasteiger partial charge in [-0.1, -0.05) is 12.1 Å². The molecule has 1 atom stereocenters. The minimum atomic E-state index is -0.396. The lowest BCUT2D eigenvalue weighted by Crippen LogP contribution is -2.14. The van der Waals surface area contributed by atoms with Gasteiger partial charge >= 0.3 is 0 Å². The molecule has 4 heteroatoms. The second-order valence-electron chi connectivity index (χ2n) is 4.53. The van der Waals surface area contributed by atoms with Crippen LogP contribution in [0.15, 0.2) is 36.5 Å². The number of aryl methyl sites for hydroxylation is 1. The van der Waals surface area contributed by atoms with Gasteiger partial charge in [0.2, 0.25) is 0 Å². The Bertz CT molecular complexity index is 555. The molecule has 1 aromatic carbocycles. The fourth-order valence-electron chi connectivity index (χ4n) is 1.88. The molecule has 0 fully saturated rings. The lowest BCUT2D eigenvalue weighted by Gasteiger charge is -2.13. The van der Waals surface area contributed by atoms with E-state index in [1.165, 1.54) is 13.2 Å². The molecule has 1 heterocycles. The fraction of sp³-hybridized carbons (Fsp3) is 0.267. The van der Waals surface area contributed by atoms with Gasteiger partial charge in [0.1, 0.15) is 0 Å². The highest BCUT2D eigenvalue weighted by molar-refractivity contribution is 5.31. The average Bonchev–Trinajstić information content (AvgIpc) is 2.41. The molecule has 0 saturated carbocycles. The SMILES string of the molecule is COc1ccc(C(N)Cc2ccc(C)cn2)cc1F. The van der Waals surface area contributed by atoms with Crippen molar-refractivity contribution in [3.8, 4) is 5.75 Å². The number of rotatable bonds is 4. The Balaban J connectivity index is 2.13. The van der Waals surface area contributed by atoms with Crippen molar-refractivity contribution in [2.45, 2.75) is 19.4 Å². The van der Waals surface area contributed by atoms with E-state index in [0.717, 1.165) is 16.8 Å². The summed E-state index contributed by atoms with van der Waals surface area (Å²) in [5.74, 6) is -0.170. The van der Waals surface area contributed by atoms with Crippen molar-refractivity contribution >= 4 is 0 Å². The number of halogens is 1. The Morgan fingerprint density at radius 1 is 1.32 bits per heavy atom. The van der Waals surface area contributed by atoms with Crippen molar-refractivity contribution in [1.82, 2.24) is 4.98 Å². The van der Waals surface area contributed by atoms with E-state index in [9.17, 15) is 4.39 Å². The molecule has 0 aliphatic rings. The number of hydrogen-bond acceptors (Lipinski definition) is 3. The van der Waals surface area contributed by atoms with Gasteiger partial charge in [-0.15, -0.1) is 0 Å². The van der Waals surface area contributed by atoms with Gasteiger partial charge in [0.05, 0.1) is 7.11 Å². The zero-order valence-electron chi connectivity index (χ0n) is 11.1. The van der Waals surface area contributed by atoms with E-state index < -0.39 is 5.82 Å². The molecule has 0 bridgehead atoms. The standard InChI is InChI=1S/C15H17FN2O/c1-10-3-5-12(18-9-10)8-14(17)11-4-6-15(19-2)13(16)7-11/h3-7,9,14H,8,17H2,1-2H3. The normalized spacial score (nSPS) is 12.2. The van der Waals surface area contributed by atoms with Gasteiger partial charge in [-0.05, 0) is 36.2 Å². The van der Waals surface area contributed by atoms with Crippen molar-refractivity contribution in [2.24, 2.45) is 5.73 Å². The molecule has 1 unspecified atom stereocenters. The number of hydrogen-bond donors (Lipinski definition) is 1.